The fraction of sp³-hybridized carbons (Fsp3) is 0.516. The van der Waals surface area contributed by atoms with Crippen LogP contribution in [0, 0.1) is 12.8 Å². The average molecular weight is 535 g/mol. The molecule has 0 saturated heterocycles. The number of aryl methyl sites for hydroxylation is 2. The van der Waals surface area contributed by atoms with Gasteiger partial charge in [-0.1, -0.05) is 48.0 Å². The number of carbonyl (C=O) groups is 3. The van der Waals surface area contributed by atoms with Crippen LogP contribution in [0.15, 0.2) is 48.5 Å². The van der Waals surface area contributed by atoms with Crippen molar-refractivity contribution >= 4 is 17.7 Å². The zero-order chi connectivity index (χ0) is 28.0. The van der Waals surface area contributed by atoms with Crippen molar-refractivity contribution in [2.45, 2.75) is 83.5 Å². The van der Waals surface area contributed by atoms with Gasteiger partial charge in [-0.15, -0.1) is 0 Å². The van der Waals surface area contributed by atoms with E-state index in [1.165, 1.54) is 0 Å². The number of para-hydroxylation sites is 1. The minimum absolute atomic E-state index is 0.211. The van der Waals surface area contributed by atoms with Crippen molar-refractivity contribution < 1.29 is 19.1 Å². The van der Waals surface area contributed by atoms with Crippen molar-refractivity contribution in [3.05, 3.63) is 65.2 Å². The number of amides is 3. The molecule has 0 aromatic heterocycles. The van der Waals surface area contributed by atoms with Crippen molar-refractivity contribution in [3.8, 4) is 5.75 Å². The summed E-state index contributed by atoms with van der Waals surface area (Å²) in [5.74, 6) is 0.198. The van der Waals surface area contributed by atoms with Crippen LogP contribution in [0.25, 0.3) is 0 Å². The Morgan fingerprint density at radius 2 is 1.64 bits per heavy atom. The van der Waals surface area contributed by atoms with Gasteiger partial charge < -0.3 is 26.0 Å². The molecule has 8 heteroatoms. The van der Waals surface area contributed by atoms with Gasteiger partial charge in [-0.3, -0.25) is 14.4 Å². The van der Waals surface area contributed by atoms with E-state index in [1.807, 2.05) is 69.3 Å². The maximum absolute atomic E-state index is 13.2. The molecule has 3 atom stereocenters. The van der Waals surface area contributed by atoms with E-state index >= 15 is 0 Å². The first kappa shape index (κ1) is 28.6. The van der Waals surface area contributed by atoms with Gasteiger partial charge in [0.1, 0.15) is 23.4 Å². The second-order valence-electron chi connectivity index (χ2n) is 11.5. The fourth-order valence-corrected chi connectivity index (χ4v) is 4.85. The molecule has 1 fully saturated rings. The van der Waals surface area contributed by atoms with Crippen LogP contribution in [0.1, 0.15) is 56.7 Å². The predicted octanol–water partition coefficient (Wildman–Crippen LogP) is 2.82. The lowest BCUT2D eigenvalue weighted by molar-refractivity contribution is -0.132. The molecule has 4 rings (SSSR count). The van der Waals surface area contributed by atoms with Crippen LogP contribution in [0.3, 0.4) is 0 Å². The number of carbonyl (C=O) groups excluding carboxylic acids is 3. The molecule has 1 saturated carbocycles. The number of ether oxygens (including phenoxy) is 1. The van der Waals surface area contributed by atoms with Crippen LogP contribution in [0.2, 0.25) is 0 Å². The monoisotopic (exact) mass is 534 g/mol. The molecular formula is C31H42N4O4. The highest BCUT2D eigenvalue weighted by Gasteiger charge is 2.38. The van der Waals surface area contributed by atoms with Gasteiger partial charge in [0.05, 0.1) is 6.04 Å². The van der Waals surface area contributed by atoms with Gasteiger partial charge in [0.2, 0.25) is 17.7 Å². The highest BCUT2D eigenvalue weighted by Crippen LogP contribution is 2.33. The normalized spacial score (nSPS) is 25.1. The van der Waals surface area contributed by atoms with Gasteiger partial charge in [-0.2, -0.15) is 0 Å². The quantitative estimate of drug-likeness (QED) is 0.484. The number of hydrogen-bond donors (Lipinski definition) is 4. The SMILES string of the molecule is Cc1ccc(C[C@H]2NC(=O)[C@@H](C)NC(=O)[C@H](C3CC3)NCC(C)(C)Oc3ccccc3CCCNC2=O)cc1. The molecule has 39 heavy (non-hydrogen) atoms. The zero-order valence-electron chi connectivity index (χ0n) is 23.5. The summed E-state index contributed by atoms with van der Waals surface area (Å²) in [4.78, 5) is 39.6. The third-order valence-electron chi connectivity index (χ3n) is 7.35. The first-order chi connectivity index (χ1) is 18.6. The second kappa shape index (κ2) is 12.6. The van der Waals surface area contributed by atoms with Crippen LogP contribution < -0.4 is 26.0 Å². The molecule has 0 radical (unpaired) electrons. The second-order valence-corrected chi connectivity index (χ2v) is 11.5. The predicted molar refractivity (Wildman–Crippen MR) is 151 cm³/mol. The molecule has 1 aliphatic carbocycles. The largest absolute Gasteiger partial charge is 0.486 e. The van der Waals surface area contributed by atoms with E-state index in [2.05, 4.69) is 21.3 Å². The van der Waals surface area contributed by atoms with Gasteiger partial charge in [0.25, 0.3) is 0 Å². The first-order valence-corrected chi connectivity index (χ1v) is 14.1. The standard InChI is InChI=1S/C31H42N4O4/c1-20-11-13-22(14-12-20)18-25-29(37)32-17-7-9-23-8-5-6-10-26(23)39-31(3,4)19-33-27(24-15-16-24)30(38)34-21(2)28(36)35-25/h5-6,8,10-14,21,24-25,27,33H,7,9,15-19H2,1-4H3,(H,32,37)(H,34,38)(H,35,36)/t21-,25-,27+/m1/s1. The van der Waals surface area contributed by atoms with Gasteiger partial charge in [0, 0.05) is 19.5 Å². The Morgan fingerprint density at radius 1 is 0.923 bits per heavy atom. The summed E-state index contributed by atoms with van der Waals surface area (Å²) in [5.41, 5.74) is 2.58. The Bertz CT molecular complexity index is 1160. The molecule has 8 nitrogen and oxygen atoms in total. The molecular weight excluding hydrogens is 492 g/mol. The van der Waals surface area contributed by atoms with Gasteiger partial charge >= 0.3 is 0 Å². The summed E-state index contributed by atoms with van der Waals surface area (Å²) in [6.45, 7) is 8.61. The van der Waals surface area contributed by atoms with Gasteiger partial charge in [0.15, 0.2) is 0 Å². The van der Waals surface area contributed by atoms with Gasteiger partial charge in [-0.05, 0) is 76.5 Å². The van der Waals surface area contributed by atoms with Crippen LogP contribution in [0.4, 0.5) is 0 Å². The number of hydrogen-bond acceptors (Lipinski definition) is 5. The number of fused-ring (bicyclic) bond motifs is 1. The topological polar surface area (TPSA) is 109 Å². The van der Waals surface area contributed by atoms with Crippen LogP contribution in [-0.4, -0.2) is 54.5 Å². The van der Waals surface area contributed by atoms with E-state index in [9.17, 15) is 14.4 Å². The molecule has 1 aliphatic heterocycles. The Balaban J connectivity index is 1.55. The molecule has 210 valence electrons. The summed E-state index contributed by atoms with van der Waals surface area (Å²) in [7, 11) is 0. The van der Waals surface area contributed by atoms with E-state index in [0.717, 1.165) is 48.1 Å². The van der Waals surface area contributed by atoms with Crippen molar-refractivity contribution in [1.29, 1.82) is 0 Å². The lowest BCUT2D eigenvalue weighted by Crippen LogP contribution is -2.57. The molecule has 0 unspecified atom stereocenters. The molecule has 4 N–H and O–H groups in total. The van der Waals surface area contributed by atoms with Crippen molar-refractivity contribution in [3.63, 3.8) is 0 Å². The van der Waals surface area contributed by atoms with Crippen molar-refractivity contribution in [1.82, 2.24) is 21.3 Å². The Hall–Kier alpha value is -3.39. The Morgan fingerprint density at radius 3 is 2.36 bits per heavy atom. The lowest BCUT2D eigenvalue weighted by Gasteiger charge is -2.31. The lowest BCUT2D eigenvalue weighted by atomic mass is 10.0. The van der Waals surface area contributed by atoms with Crippen molar-refractivity contribution in [2.24, 2.45) is 5.92 Å². The molecule has 3 amide bonds. The van der Waals surface area contributed by atoms with Gasteiger partial charge in [-0.25, -0.2) is 0 Å². The summed E-state index contributed by atoms with van der Waals surface area (Å²) in [6, 6.07) is 13.9. The highest BCUT2D eigenvalue weighted by atomic mass is 16.5. The molecule has 2 aromatic carbocycles. The van der Waals surface area contributed by atoms with E-state index in [1.54, 1.807) is 6.92 Å². The average Bonchev–Trinajstić information content (AvgIpc) is 3.72. The number of benzene rings is 2. The van der Waals surface area contributed by atoms with Crippen molar-refractivity contribution in [2.75, 3.05) is 13.1 Å². The maximum atomic E-state index is 13.2. The number of rotatable bonds is 3. The molecule has 0 spiro atoms. The molecule has 2 aliphatic rings. The third-order valence-corrected chi connectivity index (χ3v) is 7.35. The maximum Gasteiger partial charge on any atom is 0.242 e. The Kier molecular flexibility index (Phi) is 9.28. The zero-order valence-corrected chi connectivity index (χ0v) is 23.5. The minimum Gasteiger partial charge on any atom is -0.486 e. The first-order valence-electron chi connectivity index (χ1n) is 14.1. The van der Waals surface area contributed by atoms with Crippen LogP contribution in [0.5, 0.6) is 5.75 Å². The van der Waals surface area contributed by atoms with E-state index in [4.69, 9.17) is 4.74 Å². The summed E-state index contributed by atoms with van der Waals surface area (Å²) >= 11 is 0. The third kappa shape index (κ3) is 8.30. The van der Waals surface area contributed by atoms with Crippen LogP contribution in [-0.2, 0) is 27.2 Å². The fourth-order valence-electron chi connectivity index (χ4n) is 4.85. The smallest absolute Gasteiger partial charge is 0.242 e. The van der Waals surface area contributed by atoms with E-state index < -0.39 is 23.7 Å². The summed E-state index contributed by atoms with van der Waals surface area (Å²) < 4.78 is 6.42. The van der Waals surface area contributed by atoms with Crippen LogP contribution >= 0.6 is 0 Å². The minimum atomic E-state index is -0.788. The summed E-state index contributed by atoms with van der Waals surface area (Å²) in [5, 5.41) is 12.2. The summed E-state index contributed by atoms with van der Waals surface area (Å²) in [6.07, 6.45) is 3.75. The molecule has 2 aromatic rings. The highest BCUT2D eigenvalue weighted by molar-refractivity contribution is 5.93. The molecule has 0 bridgehead atoms. The Labute approximate surface area is 231 Å². The number of nitrogens with one attached hydrogen (secondary N) is 4. The van der Waals surface area contributed by atoms with E-state index in [0.29, 0.717) is 19.5 Å². The molecule has 1 heterocycles. The van der Waals surface area contributed by atoms with E-state index in [-0.39, 0.29) is 23.6 Å².